The highest BCUT2D eigenvalue weighted by Gasteiger charge is 2.28. The number of likely N-dealkylation sites (tertiary alicyclic amines) is 1. The maximum absolute atomic E-state index is 12.7. The van der Waals surface area contributed by atoms with Crippen molar-refractivity contribution in [3.63, 3.8) is 0 Å². The van der Waals surface area contributed by atoms with Gasteiger partial charge in [-0.15, -0.1) is 0 Å². The number of nitrogens with one attached hydrogen (secondary N) is 1. The number of hydrogen-bond acceptors (Lipinski definition) is 4. The second-order valence-corrected chi connectivity index (χ2v) is 6.63. The summed E-state index contributed by atoms with van der Waals surface area (Å²) in [5.41, 5.74) is 0.341. The van der Waals surface area contributed by atoms with Gasteiger partial charge in [-0.3, -0.25) is 14.3 Å². The van der Waals surface area contributed by atoms with Crippen molar-refractivity contribution in [1.29, 1.82) is 0 Å². The normalized spacial score (nSPS) is 20.9. The van der Waals surface area contributed by atoms with Gasteiger partial charge in [0.05, 0.1) is 6.26 Å². The van der Waals surface area contributed by atoms with Gasteiger partial charge in [-0.05, 0) is 30.4 Å². The van der Waals surface area contributed by atoms with Crippen LogP contribution in [0.4, 0.5) is 5.82 Å². The molecule has 7 heteroatoms. The number of aryl methyl sites for hydroxylation is 1. The lowest BCUT2D eigenvalue weighted by Crippen LogP contribution is -2.42. The molecule has 3 rings (SSSR count). The molecule has 1 aliphatic rings. The lowest BCUT2D eigenvalue weighted by Gasteiger charge is -2.34. The van der Waals surface area contributed by atoms with Gasteiger partial charge < -0.3 is 14.6 Å². The van der Waals surface area contributed by atoms with E-state index in [0.29, 0.717) is 23.3 Å². The second-order valence-electron chi connectivity index (χ2n) is 6.63. The minimum atomic E-state index is -0.373. The van der Waals surface area contributed by atoms with E-state index in [-0.39, 0.29) is 17.6 Å². The van der Waals surface area contributed by atoms with Crippen molar-refractivity contribution in [2.45, 2.75) is 20.3 Å². The third-order valence-corrected chi connectivity index (χ3v) is 4.24. The Morgan fingerprint density at radius 3 is 2.62 bits per heavy atom. The quantitative estimate of drug-likeness (QED) is 0.937. The van der Waals surface area contributed by atoms with Gasteiger partial charge in [0, 0.05) is 26.2 Å². The summed E-state index contributed by atoms with van der Waals surface area (Å²) in [5.74, 6) is 1.17. The van der Waals surface area contributed by atoms with E-state index in [1.807, 2.05) is 4.90 Å². The Morgan fingerprint density at radius 2 is 2.00 bits per heavy atom. The number of anilines is 1. The van der Waals surface area contributed by atoms with E-state index in [2.05, 4.69) is 24.3 Å². The minimum absolute atomic E-state index is 0.0949. The number of furan rings is 1. The van der Waals surface area contributed by atoms with E-state index >= 15 is 0 Å². The van der Waals surface area contributed by atoms with Crippen LogP contribution in [-0.2, 0) is 7.05 Å². The van der Waals surface area contributed by atoms with E-state index in [4.69, 9.17) is 4.42 Å². The van der Waals surface area contributed by atoms with E-state index in [9.17, 15) is 9.59 Å². The summed E-state index contributed by atoms with van der Waals surface area (Å²) in [6, 6.07) is 4.83. The molecular weight excluding hydrogens is 308 g/mol. The Bertz CT molecular complexity index is 725. The number of carbonyl (C=O) groups excluding carboxylic acids is 2. The van der Waals surface area contributed by atoms with Crippen LogP contribution in [0.5, 0.6) is 0 Å². The highest BCUT2D eigenvalue weighted by molar-refractivity contribution is 6.02. The zero-order valence-corrected chi connectivity index (χ0v) is 14.2. The molecule has 2 aromatic heterocycles. The van der Waals surface area contributed by atoms with Gasteiger partial charge in [-0.2, -0.15) is 5.10 Å². The molecule has 1 saturated heterocycles. The van der Waals surface area contributed by atoms with Crippen molar-refractivity contribution >= 4 is 17.6 Å². The van der Waals surface area contributed by atoms with Crippen molar-refractivity contribution in [2.75, 3.05) is 18.4 Å². The van der Waals surface area contributed by atoms with Gasteiger partial charge in [-0.1, -0.05) is 13.8 Å². The maximum Gasteiger partial charge on any atom is 0.292 e. The smallest absolute Gasteiger partial charge is 0.292 e. The Balaban J connectivity index is 1.73. The van der Waals surface area contributed by atoms with Gasteiger partial charge in [0.1, 0.15) is 5.82 Å². The third kappa shape index (κ3) is 3.34. The molecule has 3 heterocycles. The molecule has 2 atom stereocenters. The first kappa shape index (κ1) is 16.3. The molecule has 1 fully saturated rings. The van der Waals surface area contributed by atoms with Crippen LogP contribution < -0.4 is 5.32 Å². The van der Waals surface area contributed by atoms with E-state index in [0.717, 1.165) is 19.5 Å². The number of piperidine rings is 1. The summed E-state index contributed by atoms with van der Waals surface area (Å²) < 4.78 is 6.55. The first-order valence-corrected chi connectivity index (χ1v) is 8.12. The van der Waals surface area contributed by atoms with Crippen LogP contribution in [0.3, 0.4) is 0 Å². The molecule has 128 valence electrons. The monoisotopic (exact) mass is 330 g/mol. The largest absolute Gasteiger partial charge is 0.459 e. The first-order valence-electron chi connectivity index (χ1n) is 8.12. The molecule has 2 aromatic rings. The molecule has 2 amide bonds. The Kier molecular flexibility index (Phi) is 4.42. The standard InChI is InChI=1S/C17H22N4O3/c1-11-7-12(2)10-21(9-11)17(23)13-8-15(20(3)19-13)18-16(22)14-5-4-6-24-14/h4-6,8,11-12H,7,9-10H2,1-3H3,(H,18,22)/t11-,12+. The summed E-state index contributed by atoms with van der Waals surface area (Å²) in [7, 11) is 1.69. The summed E-state index contributed by atoms with van der Waals surface area (Å²) in [6.07, 6.45) is 2.57. The minimum Gasteiger partial charge on any atom is -0.459 e. The average Bonchev–Trinajstić information content (AvgIpc) is 3.16. The second kappa shape index (κ2) is 6.51. The Labute approximate surface area is 140 Å². The molecule has 0 saturated carbocycles. The van der Waals surface area contributed by atoms with Gasteiger partial charge in [0.25, 0.3) is 11.8 Å². The highest BCUT2D eigenvalue weighted by Crippen LogP contribution is 2.23. The van der Waals surface area contributed by atoms with Crippen molar-refractivity contribution in [3.05, 3.63) is 35.9 Å². The van der Waals surface area contributed by atoms with Crippen molar-refractivity contribution in [3.8, 4) is 0 Å². The molecule has 0 aliphatic carbocycles. The molecule has 0 unspecified atom stereocenters. The molecule has 7 nitrogen and oxygen atoms in total. The Hall–Kier alpha value is -2.57. The van der Waals surface area contributed by atoms with Crippen LogP contribution in [0, 0.1) is 11.8 Å². The average molecular weight is 330 g/mol. The van der Waals surface area contributed by atoms with Gasteiger partial charge >= 0.3 is 0 Å². The van der Waals surface area contributed by atoms with Gasteiger partial charge in [0.15, 0.2) is 11.5 Å². The first-order chi connectivity index (χ1) is 11.4. The molecule has 1 aliphatic heterocycles. The zero-order valence-electron chi connectivity index (χ0n) is 14.2. The van der Waals surface area contributed by atoms with E-state index in [1.54, 1.807) is 25.2 Å². The fraction of sp³-hybridized carbons (Fsp3) is 0.471. The lowest BCUT2D eigenvalue weighted by atomic mass is 9.92. The highest BCUT2D eigenvalue weighted by atomic mass is 16.3. The van der Waals surface area contributed by atoms with Gasteiger partial charge in [0.2, 0.25) is 0 Å². The van der Waals surface area contributed by atoms with Crippen LogP contribution in [0.25, 0.3) is 0 Å². The number of aromatic nitrogens is 2. The van der Waals surface area contributed by atoms with Crippen LogP contribution in [0.15, 0.2) is 28.9 Å². The van der Waals surface area contributed by atoms with E-state index < -0.39 is 0 Å². The topological polar surface area (TPSA) is 80.4 Å². The third-order valence-electron chi connectivity index (χ3n) is 4.24. The Morgan fingerprint density at radius 1 is 1.29 bits per heavy atom. The molecule has 0 radical (unpaired) electrons. The summed E-state index contributed by atoms with van der Waals surface area (Å²) >= 11 is 0. The maximum atomic E-state index is 12.7. The van der Waals surface area contributed by atoms with E-state index in [1.165, 1.54) is 10.9 Å². The summed E-state index contributed by atoms with van der Waals surface area (Å²) in [6.45, 7) is 5.80. The molecular formula is C17H22N4O3. The molecule has 0 bridgehead atoms. The fourth-order valence-corrected chi connectivity index (χ4v) is 3.27. The fourth-order valence-electron chi connectivity index (χ4n) is 3.27. The predicted octanol–water partition coefficient (Wildman–Crippen LogP) is 2.38. The summed E-state index contributed by atoms with van der Waals surface area (Å²) in [4.78, 5) is 26.6. The van der Waals surface area contributed by atoms with Crippen molar-refractivity contribution in [2.24, 2.45) is 18.9 Å². The number of hydrogen-bond donors (Lipinski definition) is 1. The molecule has 0 aromatic carbocycles. The van der Waals surface area contributed by atoms with Crippen molar-refractivity contribution in [1.82, 2.24) is 14.7 Å². The molecule has 24 heavy (non-hydrogen) atoms. The SMILES string of the molecule is C[C@@H]1C[C@H](C)CN(C(=O)c2cc(NC(=O)c3ccco3)n(C)n2)C1. The summed E-state index contributed by atoms with van der Waals surface area (Å²) in [5, 5.41) is 6.96. The van der Waals surface area contributed by atoms with Crippen LogP contribution in [-0.4, -0.2) is 39.6 Å². The van der Waals surface area contributed by atoms with Crippen LogP contribution in [0.1, 0.15) is 41.3 Å². The number of carbonyl (C=O) groups is 2. The van der Waals surface area contributed by atoms with Gasteiger partial charge in [-0.25, -0.2) is 0 Å². The van der Waals surface area contributed by atoms with Crippen molar-refractivity contribution < 1.29 is 14.0 Å². The number of amides is 2. The lowest BCUT2D eigenvalue weighted by molar-refractivity contribution is 0.0616. The van der Waals surface area contributed by atoms with Crippen LogP contribution in [0.2, 0.25) is 0 Å². The zero-order chi connectivity index (χ0) is 17.3. The predicted molar refractivity (Wildman–Crippen MR) is 88.7 cm³/mol. The van der Waals surface area contributed by atoms with Crippen LogP contribution >= 0.6 is 0 Å². The molecule has 1 N–H and O–H groups in total. The number of rotatable bonds is 3. The molecule has 0 spiro atoms. The number of nitrogens with zero attached hydrogens (tertiary/aromatic N) is 3.